The molecule has 0 radical (unpaired) electrons. The summed E-state index contributed by atoms with van der Waals surface area (Å²) in [5, 5.41) is 18.6. The zero-order valence-electron chi connectivity index (χ0n) is 28.0. The monoisotopic (exact) mass is 868 g/mol. The number of aliphatic carboxylic acids is 2. The number of hydrogen-bond donors (Lipinski definition) is 2. The molecule has 0 spiro atoms. The molecule has 4 aromatic carbocycles. The summed E-state index contributed by atoms with van der Waals surface area (Å²) in [4.78, 5) is 22.3. The number of alkyl halides is 6. The Morgan fingerprint density at radius 2 is 0.911 bits per heavy atom. The molecular weight excluding hydrogens is 848 g/mol. The summed E-state index contributed by atoms with van der Waals surface area (Å²) in [7, 11) is 2.92. The number of fused-ring (bicyclic) bond motifs is 2. The molecule has 20 heteroatoms. The number of carboxylic acid groups (broad SMARTS) is 2. The first-order chi connectivity index (χ1) is 26.2. The molecule has 296 valence electrons. The van der Waals surface area contributed by atoms with Gasteiger partial charge in [0.05, 0.1) is 45.5 Å². The van der Waals surface area contributed by atoms with Gasteiger partial charge in [0.1, 0.15) is 46.0 Å². The highest BCUT2D eigenvalue weighted by Gasteiger charge is 2.49. The van der Waals surface area contributed by atoms with E-state index in [-0.39, 0.29) is 65.7 Å². The highest BCUT2D eigenvalue weighted by Crippen LogP contribution is 2.45. The van der Waals surface area contributed by atoms with E-state index in [1.165, 1.54) is 50.6 Å². The van der Waals surface area contributed by atoms with Crippen LogP contribution in [0.25, 0.3) is 12.2 Å². The zero-order chi connectivity index (χ0) is 41.3. The molecular formula is C36H22Cl4F6O10. The molecule has 2 aliphatic rings. The van der Waals surface area contributed by atoms with Gasteiger partial charge in [-0.3, -0.25) is 0 Å². The predicted molar refractivity (Wildman–Crippen MR) is 191 cm³/mol. The first-order valence-corrected chi connectivity index (χ1v) is 16.8. The Morgan fingerprint density at radius 3 is 1.20 bits per heavy atom. The van der Waals surface area contributed by atoms with E-state index in [1.807, 2.05) is 0 Å². The lowest BCUT2D eigenvalue weighted by molar-refractivity contribution is -0.187. The first kappa shape index (κ1) is 42.0. The molecule has 10 nitrogen and oxygen atoms in total. The van der Waals surface area contributed by atoms with Crippen molar-refractivity contribution in [2.45, 2.75) is 24.6 Å². The van der Waals surface area contributed by atoms with Crippen molar-refractivity contribution < 1.29 is 74.6 Å². The minimum atomic E-state index is -4.91. The Balaban J connectivity index is 0.000000214. The Bertz CT molecular complexity index is 2100. The molecule has 2 atom stereocenters. The third kappa shape index (κ3) is 9.44. The van der Waals surface area contributed by atoms with Crippen molar-refractivity contribution in [3.63, 3.8) is 0 Å². The van der Waals surface area contributed by atoms with Crippen LogP contribution in [-0.4, -0.2) is 60.9 Å². The molecule has 0 saturated carbocycles. The third-order valence-corrected chi connectivity index (χ3v) is 8.79. The largest absolute Gasteiger partial charge is 0.497 e. The zero-order valence-corrected chi connectivity index (χ0v) is 31.0. The summed E-state index contributed by atoms with van der Waals surface area (Å²) < 4.78 is 110. The molecule has 0 amide bonds. The van der Waals surface area contributed by atoms with Crippen molar-refractivity contribution in [2.75, 3.05) is 14.2 Å². The van der Waals surface area contributed by atoms with Crippen molar-refractivity contribution in [1.82, 2.24) is 0 Å². The van der Waals surface area contributed by atoms with Gasteiger partial charge in [0.15, 0.2) is 0 Å². The van der Waals surface area contributed by atoms with Gasteiger partial charge in [-0.2, -0.15) is 26.3 Å². The normalized spacial score (nSPS) is 15.9. The van der Waals surface area contributed by atoms with Crippen LogP contribution in [0.5, 0.6) is 46.0 Å². The minimum absolute atomic E-state index is 0.0133. The topological polar surface area (TPSA) is 130 Å². The summed E-state index contributed by atoms with van der Waals surface area (Å²) in [6.07, 6.45) is -13.3. The summed E-state index contributed by atoms with van der Waals surface area (Å²) in [6.45, 7) is 0. The maximum absolute atomic E-state index is 13.2. The number of hydrogen-bond acceptors (Lipinski definition) is 8. The van der Waals surface area contributed by atoms with Crippen LogP contribution in [0, 0.1) is 0 Å². The lowest BCUT2D eigenvalue weighted by Gasteiger charge is -2.27. The van der Waals surface area contributed by atoms with E-state index in [1.54, 1.807) is 12.1 Å². The highest BCUT2D eigenvalue weighted by atomic mass is 35.5. The van der Waals surface area contributed by atoms with Crippen LogP contribution in [0.15, 0.2) is 71.8 Å². The number of rotatable bonds is 8. The van der Waals surface area contributed by atoms with Crippen LogP contribution in [-0.2, 0) is 9.59 Å². The number of methoxy groups -OCH3 is 2. The second kappa shape index (κ2) is 16.5. The Kier molecular flexibility index (Phi) is 12.4. The molecule has 1 unspecified atom stereocenters. The van der Waals surface area contributed by atoms with Crippen molar-refractivity contribution in [1.29, 1.82) is 0 Å². The number of carboxylic acids is 2. The van der Waals surface area contributed by atoms with Crippen LogP contribution >= 0.6 is 46.4 Å². The average molecular weight is 870 g/mol. The molecule has 0 fully saturated rings. The molecule has 2 N–H and O–H groups in total. The van der Waals surface area contributed by atoms with E-state index in [4.69, 9.17) is 85.0 Å². The van der Waals surface area contributed by atoms with E-state index in [9.17, 15) is 35.9 Å². The SMILES string of the molecule is COc1ccc(Oc2cc3c(cc2Cl)C=C(C(=O)O)C(C(F)(F)F)O3)c(Cl)c1.COc1ccc(Oc2cc3c(cc2Cl)C=C(C(=O)O)[C@H](C(F)(F)F)O3)c(Cl)c1. The van der Waals surface area contributed by atoms with Gasteiger partial charge in [0.2, 0.25) is 12.2 Å². The van der Waals surface area contributed by atoms with Crippen molar-refractivity contribution in [3.05, 3.63) is 103 Å². The number of ether oxygens (including phenoxy) is 6. The number of carbonyl (C=O) groups is 2. The standard InChI is InChI=1S/2C18H11Cl2F3O5/c2*1-26-9-2-3-13(12(20)6-9)27-15-7-14-8(5-11(15)19)4-10(17(24)25)16(28-14)18(21,22)23/h2*2-7,16H,1H3,(H,24,25)/t16-;/m1./s1. The Labute approximate surface area is 331 Å². The fourth-order valence-electron chi connectivity index (χ4n) is 5.01. The molecule has 4 aromatic rings. The van der Waals surface area contributed by atoms with Gasteiger partial charge in [-0.1, -0.05) is 46.4 Å². The van der Waals surface area contributed by atoms with Gasteiger partial charge < -0.3 is 38.6 Å². The van der Waals surface area contributed by atoms with E-state index in [2.05, 4.69) is 0 Å². The van der Waals surface area contributed by atoms with Gasteiger partial charge in [-0.15, -0.1) is 0 Å². The van der Waals surface area contributed by atoms with Crippen LogP contribution < -0.4 is 28.4 Å². The lowest BCUT2D eigenvalue weighted by atomic mass is 10.0. The molecule has 6 rings (SSSR count). The Hall–Kier alpha value is -5.16. The van der Waals surface area contributed by atoms with Crippen molar-refractivity contribution >= 4 is 70.5 Å². The van der Waals surface area contributed by atoms with E-state index >= 15 is 0 Å². The maximum Gasteiger partial charge on any atom is 0.430 e. The summed E-state index contributed by atoms with van der Waals surface area (Å²) in [5.41, 5.74) is -1.72. The molecule has 2 heterocycles. The van der Waals surface area contributed by atoms with E-state index in [0.717, 1.165) is 24.3 Å². The Morgan fingerprint density at radius 1 is 0.571 bits per heavy atom. The van der Waals surface area contributed by atoms with E-state index in [0.29, 0.717) is 11.5 Å². The van der Waals surface area contributed by atoms with Crippen LogP contribution in [0.2, 0.25) is 20.1 Å². The molecule has 0 bridgehead atoms. The first-order valence-electron chi connectivity index (χ1n) is 15.3. The van der Waals surface area contributed by atoms with Gasteiger partial charge in [-0.25, -0.2) is 9.59 Å². The fourth-order valence-corrected chi connectivity index (χ4v) is 5.85. The summed E-state index contributed by atoms with van der Waals surface area (Å²) >= 11 is 24.4. The van der Waals surface area contributed by atoms with Gasteiger partial charge in [0.25, 0.3) is 0 Å². The van der Waals surface area contributed by atoms with Gasteiger partial charge in [0, 0.05) is 35.4 Å². The second-order valence-corrected chi connectivity index (χ2v) is 13.0. The highest BCUT2D eigenvalue weighted by molar-refractivity contribution is 6.33. The minimum Gasteiger partial charge on any atom is -0.497 e. The molecule has 2 aliphatic heterocycles. The predicted octanol–water partition coefficient (Wildman–Crippen LogP) is 11.2. The summed E-state index contributed by atoms with van der Waals surface area (Å²) in [5.74, 6) is -2.62. The molecule has 56 heavy (non-hydrogen) atoms. The average Bonchev–Trinajstić information content (AvgIpc) is 3.12. The summed E-state index contributed by atoms with van der Waals surface area (Å²) in [6, 6.07) is 13.9. The molecule has 0 aromatic heterocycles. The second-order valence-electron chi connectivity index (χ2n) is 11.3. The molecule has 0 aliphatic carbocycles. The molecule has 0 saturated heterocycles. The van der Waals surface area contributed by atoms with Crippen molar-refractivity contribution in [3.8, 4) is 46.0 Å². The lowest BCUT2D eigenvalue weighted by Crippen LogP contribution is -2.40. The van der Waals surface area contributed by atoms with Gasteiger partial charge >= 0.3 is 24.3 Å². The van der Waals surface area contributed by atoms with E-state index < -0.39 is 47.6 Å². The van der Waals surface area contributed by atoms with Crippen LogP contribution in [0.1, 0.15) is 11.1 Å². The fraction of sp³-hybridized carbons (Fsp3) is 0.167. The third-order valence-electron chi connectivity index (χ3n) is 7.61. The van der Waals surface area contributed by atoms with Gasteiger partial charge in [-0.05, 0) is 48.6 Å². The maximum atomic E-state index is 13.2. The van der Waals surface area contributed by atoms with Crippen LogP contribution in [0.3, 0.4) is 0 Å². The number of halogens is 10. The van der Waals surface area contributed by atoms with Crippen LogP contribution in [0.4, 0.5) is 26.3 Å². The quantitative estimate of drug-likeness (QED) is 0.165. The smallest absolute Gasteiger partial charge is 0.430 e. The number of benzene rings is 4. The van der Waals surface area contributed by atoms with Crippen molar-refractivity contribution in [2.24, 2.45) is 0 Å².